The summed E-state index contributed by atoms with van der Waals surface area (Å²) in [5.41, 5.74) is 0.759. The van der Waals surface area contributed by atoms with Gasteiger partial charge in [-0.1, -0.05) is 13.0 Å². The molecule has 0 fully saturated rings. The molecule has 132 valence electrons. The van der Waals surface area contributed by atoms with Crippen molar-refractivity contribution in [3.05, 3.63) is 53.6 Å². The monoisotopic (exact) mass is 343 g/mol. The number of benzene rings is 2. The Morgan fingerprint density at radius 2 is 1.92 bits per heavy atom. The van der Waals surface area contributed by atoms with E-state index in [9.17, 15) is 9.59 Å². The van der Waals surface area contributed by atoms with Gasteiger partial charge in [0.05, 0.1) is 24.5 Å². The number of aromatic carboxylic acids is 1. The van der Waals surface area contributed by atoms with Crippen LogP contribution in [0.15, 0.2) is 42.5 Å². The zero-order valence-corrected chi connectivity index (χ0v) is 14.4. The number of ether oxygens (including phenoxy) is 2. The number of nitrogens with one attached hydrogen (secondary N) is 1. The van der Waals surface area contributed by atoms with Crippen LogP contribution in [0.4, 0.5) is 5.69 Å². The Hall–Kier alpha value is -3.02. The minimum absolute atomic E-state index is 0.0469. The summed E-state index contributed by atoms with van der Waals surface area (Å²) in [4.78, 5) is 23.6. The Kier molecular flexibility index (Phi) is 6.00. The van der Waals surface area contributed by atoms with E-state index in [-0.39, 0.29) is 17.6 Å². The molecule has 0 saturated carbocycles. The molecule has 25 heavy (non-hydrogen) atoms. The van der Waals surface area contributed by atoms with Crippen molar-refractivity contribution in [1.29, 1.82) is 0 Å². The van der Waals surface area contributed by atoms with Crippen LogP contribution in [0.1, 0.15) is 41.0 Å². The fraction of sp³-hybridized carbons (Fsp3) is 0.263. The number of carbonyl (C=O) groups is 2. The van der Waals surface area contributed by atoms with Gasteiger partial charge in [-0.05, 0) is 49.7 Å². The number of carboxylic acid groups (broad SMARTS) is 1. The van der Waals surface area contributed by atoms with Gasteiger partial charge in [0.25, 0.3) is 5.91 Å². The fourth-order valence-corrected chi connectivity index (χ4v) is 2.16. The number of methoxy groups -OCH3 is 1. The highest BCUT2D eigenvalue weighted by Gasteiger charge is 2.14. The highest BCUT2D eigenvalue weighted by Crippen LogP contribution is 2.26. The van der Waals surface area contributed by atoms with Crippen LogP contribution in [0.3, 0.4) is 0 Å². The van der Waals surface area contributed by atoms with Crippen LogP contribution in [0, 0.1) is 0 Å². The van der Waals surface area contributed by atoms with Crippen LogP contribution < -0.4 is 14.8 Å². The third kappa shape index (κ3) is 4.73. The third-order valence-electron chi connectivity index (χ3n) is 3.70. The predicted octanol–water partition coefficient (Wildman–Crippen LogP) is 3.82. The summed E-state index contributed by atoms with van der Waals surface area (Å²) in [5, 5.41) is 11.8. The van der Waals surface area contributed by atoms with Gasteiger partial charge in [-0.3, -0.25) is 4.79 Å². The molecule has 0 bridgehead atoms. The standard InChI is InChI=1S/C19H21NO5/c1-4-12(2)25-15-7-5-6-13(10-15)18(21)20-16-11-14(19(22)23)8-9-17(16)24-3/h5-12H,4H2,1-3H3,(H,20,21)(H,22,23). The molecule has 0 aliphatic heterocycles. The molecule has 6 heteroatoms. The van der Waals surface area contributed by atoms with Gasteiger partial charge >= 0.3 is 5.97 Å². The van der Waals surface area contributed by atoms with Gasteiger partial charge in [-0.2, -0.15) is 0 Å². The molecular weight excluding hydrogens is 322 g/mol. The SMILES string of the molecule is CCC(C)Oc1cccc(C(=O)Nc2cc(C(=O)O)ccc2OC)c1. The topological polar surface area (TPSA) is 84.9 Å². The molecule has 1 unspecified atom stereocenters. The molecule has 0 heterocycles. The second-order valence-electron chi connectivity index (χ2n) is 5.54. The van der Waals surface area contributed by atoms with Crippen LogP contribution in [0.2, 0.25) is 0 Å². The Morgan fingerprint density at radius 1 is 1.16 bits per heavy atom. The Bertz CT molecular complexity index is 772. The smallest absolute Gasteiger partial charge is 0.335 e. The van der Waals surface area contributed by atoms with E-state index in [2.05, 4.69) is 5.32 Å². The number of anilines is 1. The zero-order valence-electron chi connectivity index (χ0n) is 14.4. The molecule has 0 aliphatic carbocycles. The minimum Gasteiger partial charge on any atom is -0.495 e. The molecule has 6 nitrogen and oxygen atoms in total. The highest BCUT2D eigenvalue weighted by molar-refractivity contribution is 6.05. The van der Waals surface area contributed by atoms with Gasteiger partial charge in [0.2, 0.25) is 0 Å². The Morgan fingerprint density at radius 3 is 2.56 bits per heavy atom. The highest BCUT2D eigenvalue weighted by atomic mass is 16.5. The van der Waals surface area contributed by atoms with Crippen molar-refractivity contribution >= 4 is 17.6 Å². The maximum Gasteiger partial charge on any atom is 0.335 e. The predicted molar refractivity (Wildman–Crippen MR) is 94.7 cm³/mol. The maximum atomic E-state index is 12.5. The molecule has 0 aromatic heterocycles. The van der Waals surface area contributed by atoms with Crippen LogP contribution in [0.5, 0.6) is 11.5 Å². The molecule has 0 spiro atoms. The van der Waals surface area contributed by atoms with Gasteiger partial charge < -0.3 is 19.9 Å². The summed E-state index contributed by atoms with van der Waals surface area (Å²) in [5.74, 6) is -0.476. The van der Waals surface area contributed by atoms with Crippen LogP contribution in [0.25, 0.3) is 0 Å². The zero-order chi connectivity index (χ0) is 18.4. The van der Waals surface area contributed by atoms with E-state index in [0.29, 0.717) is 22.7 Å². The van der Waals surface area contributed by atoms with E-state index in [0.717, 1.165) is 6.42 Å². The lowest BCUT2D eigenvalue weighted by molar-refractivity contribution is 0.0696. The molecule has 1 atom stereocenters. The van der Waals surface area contributed by atoms with Crippen molar-refractivity contribution in [2.75, 3.05) is 12.4 Å². The number of carbonyl (C=O) groups excluding carboxylic acids is 1. The summed E-state index contributed by atoms with van der Waals surface area (Å²) in [6.45, 7) is 3.97. The fourth-order valence-electron chi connectivity index (χ4n) is 2.16. The summed E-state index contributed by atoms with van der Waals surface area (Å²) in [6, 6.07) is 11.1. The summed E-state index contributed by atoms with van der Waals surface area (Å²) >= 11 is 0. The van der Waals surface area contributed by atoms with Crippen molar-refractivity contribution in [2.24, 2.45) is 0 Å². The van der Waals surface area contributed by atoms with Crippen molar-refractivity contribution in [3.8, 4) is 11.5 Å². The number of hydrogen-bond donors (Lipinski definition) is 2. The molecule has 2 rings (SSSR count). The summed E-state index contributed by atoms with van der Waals surface area (Å²) in [7, 11) is 1.45. The Balaban J connectivity index is 2.23. The summed E-state index contributed by atoms with van der Waals surface area (Å²) < 4.78 is 10.9. The second-order valence-corrected chi connectivity index (χ2v) is 5.54. The lowest BCUT2D eigenvalue weighted by Crippen LogP contribution is -2.14. The van der Waals surface area contributed by atoms with Gasteiger partial charge in [-0.25, -0.2) is 4.79 Å². The first-order chi connectivity index (χ1) is 11.9. The largest absolute Gasteiger partial charge is 0.495 e. The lowest BCUT2D eigenvalue weighted by Gasteiger charge is -2.14. The minimum atomic E-state index is -1.08. The quantitative estimate of drug-likeness (QED) is 0.798. The normalized spacial score (nSPS) is 11.5. The average molecular weight is 343 g/mol. The first-order valence-electron chi connectivity index (χ1n) is 7.94. The molecule has 1 amide bonds. The first-order valence-corrected chi connectivity index (χ1v) is 7.94. The van der Waals surface area contributed by atoms with E-state index in [1.54, 1.807) is 24.3 Å². The Labute approximate surface area is 146 Å². The number of hydrogen-bond acceptors (Lipinski definition) is 4. The van der Waals surface area contributed by atoms with E-state index in [1.165, 1.54) is 25.3 Å². The average Bonchev–Trinajstić information content (AvgIpc) is 2.61. The van der Waals surface area contributed by atoms with Gasteiger partial charge in [0.15, 0.2) is 0 Å². The number of rotatable bonds is 7. The second kappa shape index (κ2) is 8.19. The van der Waals surface area contributed by atoms with Crippen LogP contribution in [-0.4, -0.2) is 30.2 Å². The first kappa shape index (κ1) is 18.3. The van der Waals surface area contributed by atoms with Crippen LogP contribution in [-0.2, 0) is 0 Å². The van der Waals surface area contributed by atoms with Crippen LogP contribution >= 0.6 is 0 Å². The van der Waals surface area contributed by atoms with Gasteiger partial charge in [-0.15, -0.1) is 0 Å². The van der Waals surface area contributed by atoms with Crippen molar-refractivity contribution in [1.82, 2.24) is 0 Å². The molecule has 0 radical (unpaired) electrons. The van der Waals surface area contributed by atoms with E-state index in [4.69, 9.17) is 14.6 Å². The maximum absolute atomic E-state index is 12.5. The van der Waals surface area contributed by atoms with Crippen molar-refractivity contribution < 1.29 is 24.2 Å². The molecule has 0 saturated heterocycles. The van der Waals surface area contributed by atoms with E-state index < -0.39 is 5.97 Å². The van der Waals surface area contributed by atoms with E-state index >= 15 is 0 Å². The number of carboxylic acids is 1. The number of amides is 1. The molecular formula is C19H21NO5. The molecule has 0 aliphatic rings. The lowest BCUT2D eigenvalue weighted by atomic mass is 10.1. The van der Waals surface area contributed by atoms with Crippen molar-refractivity contribution in [2.45, 2.75) is 26.4 Å². The van der Waals surface area contributed by atoms with Crippen molar-refractivity contribution in [3.63, 3.8) is 0 Å². The summed E-state index contributed by atoms with van der Waals surface area (Å²) in [6.07, 6.45) is 0.904. The molecule has 2 aromatic carbocycles. The van der Waals surface area contributed by atoms with Gasteiger partial charge in [0, 0.05) is 5.56 Å². The van der Waals surface area contributed by atoms with E-state index in [1.807, 2.05) is 13.8 Å². The molecule has 2 aromatic rings. The third-order valence-corrected chi connectivity index (χ3v) is 3.70. The van der Waals surface area contributed by atoms with Gasteiger partial charge in [0.1, 0.15) is 11.5 Å². The molecule has 2 N–H and O–H groups in total.